The zero-order valence-electron chi connectivity index (χ0n) is 39.7. The predicted molar refractivity (Wildman–Crippen MR) is 266 cm³/mol. The first-order valence-electron chi connectivity index (χ1n) is 25.1. The van der Waals surface area contributed by atoms with Crippen LogP contribution >= 0.6 is 0 Å². The van der Waals surface area contributed by atoms with E-state index in [4.69, 9.17) is 10.5 Å². The van der Waals surface area contributed by atoms with E-state index in [1.54, 1.807) is 0 Å². The summed E-state index contributed by atoms with van der Waals surface area (Å²) in [5.74, 6) is -1.32. The third-order valence-corrected chi connectivity index (χ3v) is 10.6. The fourth-order valence-corrected chi connectivity index (χ4v) is 6.91. The number of unbranched alkanes of at least 4 members (excludes halogenated alkanes) is 14. The number of allylic oxidation sites excluding steroid dienone is 16. The lowest BCUT2D eigenvalue weighted by Crippen LogP contribution is -2.40. The van der Waals surface area contributed by atoms with Crippen LogP contribution in [0, 0.1) is 0 Å². The average Bonchev–Trinajstić information content (AvgIpc) is 3.26. The molecular formula is C55H92N2O5. The van der Waals surface area contributed by atoms with Crippen LogP contribution in [0.2, 0.25) is 0 Å². The highest BCUT2D eigenvalue weighted by atomic mass is 16.5. The number of hydrogen-bond donors (Lipinski definition) is 3. The van der Waals surface area contributed by atoms with Crippen molar-refractivity contribution in [3.63, 3.8) is 0 Å². The lowest BCUT2D eigenvalue weighted by molar-refractivity contribution is -0.150. The third kappa shape index (κ3) is 44.3. The standard InChI is InChI=1S/C55H92N2O5/c1-3-5-7-9-11-13-15-17-18-19-20-21-22-23-24-25-26-28-30-32-34-39-43-49-54(59)62-51(45-40-36-33-31-29-27-16-14-12-10-8-6-4-2)46-41-37-35-38-42-48-53(58)57-52(55(60)61)47-44-50-56/h5,7,11,13,17-18,20-21,23-24,26,28,31-34,51-52H,3-4,6,8-10,12,14-16,19,22,25,27,29-30,35-50,56H2,1-2H3,(H,57,58)(H,60,61)/b7-5-,13-11-,18-17-,21-20-,24-23-,28-26-,33-31-,34-32-. The minimum atomic E-state index is -1.01. The molecule has 0 fully saturated rings. The number of aliphatic carboxylic acids is 1. The Bertz CT molecular complexity index is 1290. The van der Waals surface area contributed by atoms with Gasteiger partial charge in [0.05, 0.1) is 0 Å². The Kier molecular flexibility index (Phi) is 45.4. The largest absolute Gasteiger partial charge is 0.480 e. The van der Waals surface area contributed by atoms with Crippen molar-refractivity contribution < 1.29 is 24.2 Å². The molecule has 0 spiro atoms. The summed E-state index contributed by atoms with van der Waals surface area (Å²) in [6.45, 7) is 4.83. The first kappa shape index (κ1) is 58.3. The highest BCUT2D eigenvalue weighted by molar-refractivity contribution is 5.83. The Morgan fingerprint density at radius 1 is 0.484 bits per heavy atom. The predicted octanol–water partition coefficient (Wildman–Crippen LogP) is 15.0. The number of amides is 1. The van der Waals surface area contributed by atoms with Crippen LogP contribution in [0.1, 0.15) is 213 Å². The fourth-order valence-electron chi connectivity index (χ4n) is 6.91. The van der Waals surface area contributed by atoms with Crippen molar-refractivity contribution in [3.05, 3.63) is 97.2 Å². The van der Waals surface area contributed by atoms with Crippen LogP contribution in [0.4, 0.5) is 0 Å². The smallest absolute Gasteiger partial charge is 0.326 e. The van der Waals surface area contributed by atoms with Gasteiger partial charge in [-0.2, -0.15) is 0 Å². The van der Waals surface area contributed by atoms with Gasteiger partial charge in [0.1, 0.15) is 12.1 Å². The highest BCUT2D eigenvalue weighted by Crippen LogP contribution is 2.17. The van der Waals surface area contributed by atoms with Crippen molar-refractivity contribution in [3.8, 4) is 0 Å². The molecule has 0 aromatic rings. The molecule has 352 valence electrons. The molecule has 0 aromatic carbocycles. The molecule has 0 aliphatic rings. The van der Waals surface area contributed by atoms with Gasteiger partial charge in [-0.1, -0.05) is 175 Å². The molecule has 0 saturated carbocycles. The lowest BCUT2D eigenvalue weighted by Gasteiger charge is -2.18. The van der Waals surface area contributed by atoms with E-state index in [2.05, 4.69) is 116 Å². The molecule has 0 saturated heterocycles. The molecule has 1 amide bonds. The molecule has 0 radical (unpaired) electrons. The summed E-state index contributed by atoms with van der Waals surface area (Å²) in [6.07, 6.45) is 66.0. The Labute approximate surface area is 380 Å². The number of carbonyl (C=O) groups excluding carboxylic acids is 2. The maximum absolute atomic E-state index is 12.8. The zero-order valence-corrected chi connectivity index (χ0v) is 39.7. The minimum absolute atomic E-state index is 0.0560. The number of ether oxygens (including phenoxy) is 1. The van der Waals surface area contributed by atoms with Gasteiger partial charge in [0.25, 0.3) is 0 Å². The monoisotopic (exact) mass is 861 g/mol. The Balaban J connectivity index is 4.44. The van der Waals surface area contributed by atoms with Gasteiger partial charge < -0.3 is 20.9 Å². The molecule has 0 aliphatic heterocycles. The Hall–Kier alpha value is -3.71. The molecular weight excluding hydrogens is 769 g/mol. The summed E-state index contributed by atoms with van der Waals surface area (Å²) in [5, 5.41) is 12.0. The number of rotatable bonds is 44. The molecule has 7 heteroatoms. The Morgan fingerprint density at radius 3 is 1.45 bits per heavy atom. The van der Waals surface area contributed by atoms with E-state index in [1.165, 1.54) is 51.4 Å². The number of nitrogens with one attached hydrogen (secondary N) is 1. The second-order valence-electron chi connectivity index (χ2n) is 16.5. The van der Waals surface area contributed by atoms with E-state index in [0.717, 1.165) is 122 Å². The van der Waals surface area contributed by atoms with Crippen LogP contribution in [0.25, 0.3) is 0 Å². The SMILES string of the molecule is CC/C=C\C/C=C\C/C=C\C/C=C\C/C=C\C/C=C\C/C=C\CCCC(=O)OC(CCC/C=C\CCCCCCCCCC)CCCCCCCC(=O)NC(CCCN)C(=O)O. The molecule has 2 atom stereocenters. The summed E-state index contributed by atoms with van der Waals surface area (Å²) >= 11 is 0. The number of carboxylic acid groups (broad SMARTS) is 1. The summed E-state index contributed by atoms with van der Waals surface area (Å²) < 4.78 is 6.03. The highest BCUT2D eigenvalue weighted by Gasteiger charge is 2.19. The van der Waals surface area contributed by atoms with Gasteiger partial charge in [-0.25, -0.2) is 4.79 Å². The molecule has 0 rings (SSSR count). The van der Waals surface area contributed by atoms with Crippen molar-refractivity contribution in [1.82, 2.24) is 5.32 Å². The first-order chi connectivity index (χ1) is 30.4. The van der Waals surface area contributed by atoms with Gasteiger partial charge in [-0.15, -0.1) is 0 Å². The van der Waals surface area contributed by atoms with E-state index >= 15 is 0 Å². The number of nitrogens with two attached hydrogens (primary N) is 1. The molecule has 0 heterocycles. The second-order valence-corrected chi connectivity index (χ2v) is 16.5. The van der Waals surface area contributed by atoms with Crippen molar-refractivity contribution >= 4 is 17.8 Å². The lowest BCUT2D eigenvalue weighted by atomic mass is 10.0. The number of carbonyl (C=O) groups is 3. The van der Waals surface area contributed by atoms with E-state index < -0.39 is 12.0 Å². The van der Waals surface area contributed by atoms with E-state index in [-0.39, 0.29) is 18.0 Å². The van der Waals surface area contributed by atoms with E-state index in [1.807, 2.05) is 0 Å². The number of carboxylic acids is 1. The fraction of sp³-hybridized carbons (Fsp3) is 0.655. The maximum Gasteiger partial charge on any atom is 0.326 e. The molecule has 62 heavy (non-hydrogen) atoms. The molecule has 4 N–H and O–H groups in total. The molecule has 7 nitrogen and oxygen atoms in total. The van der Waals surface area contributed by atoms with Crippen LogP contribution in [0.3, 0.4) is 0 Å². The van der Waals surface area contributed by atoms with Crippen LogP contribution < -0.4 is 11.1 Å². The van der Waals surface area contributed by atoms with Gasteiger partial charge in [0.15, 0.2) is 0 Å². The molecule has 2 unspecified atom stereocenters. The van der Waals surface area contributed by atoms with Crippen molar-refractivity contribution in [2.45, 2.75) is 225 Å². The summed E-state index contributed by atoms with van der Waals surface area (Å²) in [5.41, 5.74) is 5.50. The topological polar surface area (TPSA) is 119 Å². The van der Waals surface area contributed by atoms with Crippen LogP contribution in [0.5, 0.6) is 0 Å². The average molecular weight is 861 g/mol. The molecule has 0 aliphatic carbocycles. The Morgan fingerprint density at radius 2 is 0.919 bits per heavy atom. The van der Waals surface area contributed by atoms with Crippen LogP contribution in [0.15, 0.2) is 97.2 Å². The quantitative estimate of drug-likeness (QED) is 0.0319. The molecule has 0 bridgehead atoms. The first-order valence-corrected chi connectivity index (χ1v) is 25.1. The molecule has 0 aromatic heterocycles. The minimum Gasteiger partial charge on any atom is -0.480 e. The summed E-state index contributed by atoms with van der Waals surface area (Å²) in [7, 11) is 0. The van der Waals surface area contributed by atoms with Crippen molar-refractivity contribution in [2.24, 2.45) is 5.73 Å². The van der Waals surface area contributed by atoms with Crippen molar-refractivity contribution in [1.29, 1.82) is 0 Å². The number of hydrogen-bond acceptors (Lipinski definition) is 5. The second kappa shape index (κ2) is 48.3. The van der Waals surface area contributed by atoms with Crippen LogP contribution in [-0.4, -0.2) is 41.6 Å². The summed E-state index contributed by atoms with van der Waals surface area (Å²) in [4.78, 5) is 36.5. The van der Waals surface area contributed by atoms with Gasteiger partial charge >= 0.3 is 11.9 Å². The maximum atomic E-state index is 12.8. The van der Waals surface area contributed by atoms with Gasteiger partial charge in [0, 0.05) is 12.8 Å². The van der Waals surface area contributed by atoms with Crippen LogP contribution in [-0.2, 0) is 19.1 Å². The third-order valence-electron chi connectivity index (χ3n) is 10.6. The normalized spacial score (nSPS) is 13.5. The van der Waals surface area contributed by atoms with E-state index in [0.29, 0.717) is 32.2 Å². The van der Waals surface area contributed by atoms with E-state index in [9.17, 15) is 19.5 Å². The zero-order chi connectivity index (χ0) is 45.2. The van der Waals surface area contributed by atoms with Crippen molar-refractivity contribution in [2.75, 3.05) is 6.54 Å². The number of esters is 1. The summed E-state index contributed by atoms with van der Waals surface area (Å²) in [6, 6.07) is -0.869. The van der Waals surface area contributed by atoms with Gasteiger partial charge in [-0.05, 0) is 129 Å². The van der Waals surface area contributed by atoms with Gasteiger partial charge in [-0.3, -0.25) is 9.59 Å². The van der Waals surface area contributed by atoms with Gasteiger partial charge in [0.2, 0.25) is 5.91 Å².